The molecule has 0 aromatic carbocycles. The first-order valence-electron chi connectivity index (χ1n) is 9.76. The third-order valence-corrected chi connectivity index (χ3v) is 5.91. The first-order valence-corrected chi connectivity index (χ1v) is 10.6. The van der Waals surface area contributed by atoms with Crippen molar-refractivity contribution in [1.82, 2.24) is 14.5 Å². The number of nitrogens with one attached hydrogen (secondary N) is 1. The second kappa shape index (κ2) is 9.84. The van der Waals surface area contributed by atoms with Crippen molar-refractivity contribution in [3.63, 3.8) is 0 Å². The van der Waals surface area contributed by atoms with Gasteiger partial charge in [-0.15, -0.1) is 11.3 Å². The van der Waals surface area contributed by atoms with E-state index in [2.05, 4.69) is 11.4 Å². The van der Waals surface area contributed by atoms with Gasteiger partial charge in [-0.2, -0.15) is 0 Å². The Balaban J connectivity index is 1.73. The van der Waals surface area contributed by atoms with Crippen molar-refractivity contribution in [3.8, 4) is 0 Å². The zero-order valence-electron chi connectivity index (χ0n) is 16.2. The molecule has 0 bridgehead atoms. The number of amides is 1. The summed E-state index contributed by atoms with van der Waals surface area (Å²) < 4.78 is 8.12. The van der Waals surface area contributed by atoms with Gasteiger partial charge in [-0.05, 0) is 50.0 Å². The monoisotopic (exact) mass is 405 g/mol. The first kappa shape index (κ1) is 20.5. The lowest BCUT2D eigenvalue weighted by atomic mass is 9.97. The van der Waals surface area contributed by atoms with E-state index in [1.54, 1.807) is 18.6 Å². The van der Waals surface area contributed by atoms with E-state index in [9.17, 15) is 14.4 Å². The molecular formula is C20H27N3O4S. The predicted molar refractivity (Wildman–Crippen MR) is 111 cm³/mol. The van der Waals surface area contributed by atoms with Crippen molar-refractivity contribution in [1.29, 1.82) is 0 Å². The molecule has 1 aliphatic carbocycles. The van der Waals surface area contributed by atoms with Gasteiger partial charge in [0.15, 0.2) is 0 Å². The standard InChI is InChI=1S/C20H27N3O4S/c1-27-12-5-11-22-19(25)18-16(9-13-28-18)23(20(22)26)14-17(24)21-10-8-15-6-3-2-4-7-15/h6,9,13H,2-5,7-8,10-12,14H2,1H3,(H,21,24). The van der Waals surface area contributed by atoms with Crippen molar-refractivity contribution in [3.05, 3.63) is 43.9 Å². The largest absolute Gasteiger partial charge is 0.385 e. The van der Waals surface area contributed by atoms with Crippen LogP contribution in [0.25, 0.3) is 10.2 Å². The molecule has 3 rings (SSSR count). The van der Waals surface area contributed by atoms with E-state index < -0.39 is 5.69 Å². The molecule has 1 aliphatic rings. The fourth-order valence-electron chi connectivity index (χ4n) is 3.54. The number of carbonyl (C=O) groups is 1. The average Bonchev–Trinajstić information content (AvgIpc) is 3.19. The quantitative estimate of drug-likeness (QED) is 0.512. The maximum absolute atomic E-state index is 12.9. The van der Waals surface area contributed by atoms with Crippen LogP contribution in [0.1, 0.15) is 38.5 Å². The Morgan fingerprint density at radius 3 is 2.89 bits per heavy atom. The zero-order valence-corrected chi connectivity index (χ0v) is 17.1. The molecule has 2 aromatic rings. The Morgan fingerprint density at radius 2 is 2.14 bits per heavy atom. The molecule has 0 unspecified atom stereocenters. The van der Waals surface area contributed by atoms with Crippen LogP contribution in [-0.4, -0.2) is 35.3 Å². The normalized spacial score (nSPS) is 14.2. The van der Waals surface area contributed by atoms with Crippen LogP contribution in [0.3, 0.4) is 0 Å². The van der Waals surface area contributed by atoms with E-state index >= 15 is 0 Å². The molecule has 2 aromatic heterocycles. The number of aromatic nitrogens is 2. The van der Waals surface area contributed by atoms with Crippen LogP contribution in [0, 0.1) is 0 Å². The third-order valence-electron chi connectivity index (χ3n) is 5.02. The molecule has 0 aliphatic heterocycles. The number of nitrogens with zero attached hydrogens (tertiary/aromatic N) is 2. The van der Waals surface area contributed by atoms with Crippen LogP contribution in [0.15, 0.2) is 32.7 Å². The summed E-state index contributed by atoms with van der Waals surface area (Å²) in [5.41, 5.74) is 1.17. The van der Waals surface area contributed by atoms with Crippen LogP contribution >= 0.6 is 11.3 Å². The van der Waals surface area contributed by atoms with Crippen molar-refractivity contribution in [2.75, 3.05) is 20.3 Å². The minimum atomic E-state index is -0.447. The van der Waals surface area contributed by atoms with E-state index in [-0.39, 0.29) is 24.6 Å². The topological polar surface area (TPSA) is 82.3 Å². The zero-order chi connectivity index (χ0) is 19.9. The van der Waals surface area contributed by atoms with Gasteiger partial charge in [0.25, 0.3) is 5.56 Å². The number of hydrogen-bond donors (Lipinski definition) is 1. The van der Waals surface area contributed by atoms with Crippen LogP contribution < -0.4 is 16.6 Å². The van der Waals surface area contributed by atoms with Crippen LogP contribution in [0.4, 0.5) is 0 Å². The number of rotatable bonds is 9. The highest BCUT2D eigenvalue weighted by molar-refractivity contribution is 7.17. The first-order chi connectivity index (χ1) is 13.6. The second-order valence-electron chi connectivity index (χ2n) is 7.01. The molecule has 1 N–H and O–H groups in total. The van der Waals surface area contributed by atoms with E-state index in [1.807, 2.05) is 0 Å². The smallest absolute Gasteiger partial charge is 0.332 e. The van der Waals surface area contributed by atoms with Gasteiger partial charge in [0.1, 0.15) is 11.2 Å². The van der Waals surface area contributed by atoms with Gasteiger partial charge >= 0.3 is 5.69 Å². The molecule has 1 amide bonds. The van der Waals surface area contributed by atoms with Crippen molar-refractivity contribution >= 4 is 27.5 Å². The predicted octanol–water partition coefficient (Wildman–Crippen LogP) is 2.27. The Bertz CT molecular complexity index is 970. The molecule has 0 radical (unpaired) electrons. The third kappa shape index (κ3) is 4.80. The molecular weight excluding hydrogens is 378 g/mol. The summed E-state index contributed by atoms with van der Waals surface area (Å²) >= 11 is 1.29. The number of fused-ring (bicyclic) bond motifs is 1. The van der Waals surface area contributed by atoms with Gasteiger partial charge in [-0.3, -0.25) is 18.7 Å². The van der Waals surface area contributed by atoms with E-state index in [1.165, 1.54) is 38.9 Å². The summed E-state index contributed by atoms with van der Waals surface area (Å²) in [6.07, 6.45) is 8.38. The molecule has 0 fully saturated rings. The molecule has 0 saturated heterocycles. The summed E-state index contributed by atoms with van der Waals surface area (Å²) in [5.74, 6) is -0.215. The Morgan fingerprint density at radius 1 is 1.29 bits per heavy atom. The van der Waals surface area contributed by atoms with Crippen LogP contribution in [0.2, 0.25) is 0 Å². The maximum Gasteiger partial charge on any atom is 0.332 e. The summed E-state index contributed by atoms with van der Waals surface area (Å²) in [6.45, 7) is 1.22. The highest BCUT2D eigenvalue weighted by Crippen LogP contribution is 2.19. The van der Waals surface area contributed by atoms with Crippen molar-refractivity contribution in [2.45, 2.75) is 51.6 Å². The summed E-state index contributed by atoms with van der Waals surface area (Å²) in [4.78, 5) is 37.9. The number of hydrogen-bond acceptors (Lipinski definition) is 5. The van der Waals surface area contributed by atoms with Gasteiger partial charge in [-0.1, -0.05) is 11.6 Å². The number of thiophene rings is 1. The van der Waals surface area contributed by atoms with Gasteiger partial charge in [0, 0.05) is 26.8 Å². The molecule has 0 spiro atoms. The molecule has 0 saturated carbocycles. The summed E-state index contributed by atoms with van der Waals surface area (Å²) in [6, 6.07) is 1.72. The lowest BCUT2D eigenvalue weighted by Crippen LogP contribution is -2.42. The lowest BCUT2D eigenvalue weighted by Gasteiger charge is -2.14. The maximum atomic E-state index is 12.9. The van der Waals surface area contributed by atoms with Crippen LogP contribution in [0.5, 0.6) is 0 Å². The van der Waals surface area contributed by atoms with E-state index in [0.717, 1.165) is 19.3 Å². The highest BCUT2D eigenvalue weighted by Gasteiger charge is 2.16. The fraction of sp³-hybridized carbons (Fsp3) is 0.550. The SMILES string of the molecule is COCCCn1c(=O)c2sccc2n(CC(=O)NCCC2=CCCCC2)c1=O. The van der Waals surface area contributed by atoms with E-state index in [4.69, 9.17) is 4.74 Å². The van der Waals surface area contributed by atoms with Gasteiger partial charge in [0.05, 0.1) is 5.52 Å². The fourth-order valence-corrected chi connectivity index (χ4v) is 4.39. The van der Waals surface area contributed by atoms with E-state index in [0.29, 0.717) is 29.8 Å². The number of ether oxygens (including phenoxy) is 1. The van der Waals surface area contributed by atoms with Gasteiger partial charge < -0.3 is 10.1 Å². The molecule has 152 valence electrons. The number of allylic oxidation sites excluding steroid dienone is 1. The molecule has 8 heteroatoms. The average molecular weight is 406 g/mol. The van der Waals surface area contributed by atoms with Gasteiger partial charge in [-0.25, -0.2) is 4.79 Å². The summed E-state index contributed by atoms with van der Waals surface area (Å²) in [7, 11) is 1.58. The molecule has 28 heavy (non-hydrogen) atoms. The minimum absolute atomic E-state index is 0.0876. The van der Waals surface area contributed by atoms with Crippen molar-refractivity contribution in [2.24, 2.45) is 0 Å². The Kier molecular flexibility index (Phi) is 7.22. The highest BCUT2D eigenvalue weighted by atomic mass is 32.1. The number of carbonyl (C=O) groups excluding carboxylic acids is 1. The molecule has 0 atom stereocenters. The Labute approximate surface area is 167 Å². The van der Waals surface area contributed by atoms with Gasteiger partial charge in [0.2, 0.25) is 5.91 Å². The summed E-state index contributed by atoms with van der Waals surface area (Å²) in [5, 5.41) is 4.68. The molecule has 7 nitrogen and oxygen atoms in total. The minimum Gasteiger partial charge on any atom is -0.385 e. The molecule has 2 heterocycles. The number of methoxy groups -OCH3 is 1. The van der Waals surface area contributed by atoms with Crippen LogP contribution in [-0.2, 0) is 22.6 Å². The lowest BCUT2D eigenvalue weighted by molar-refractivity contribution is -0.121. The Hall–Kier alpha value is -2.19. The van der Waals surface area contributed by atoms with Crippen molar-refractivity contribution < 1.29 is 9.53 Å². The second-order valence-corrected chi connectivity index (χ2v) is 7.93.